The molecule has 0 aromatic heterocycles. The SMILES string of the molecule is CN(C)[C@@H]1CCCC[C@H]1[N+](C)(C)C.[I-]. The maximum Gasteiger partial charge on any atom is 0.104 e. The molecule has 0 unspecified atom stereocenters. The molecule has 0 radical (unpaired) electrons. The Kier molecular flexibility index (Phi) is 5.92. The Labute approximate surface area is 106 Å². The molecular formula is C11H25IN2. The van der Waals surface area contributed by atoms with E-state index in [1.165, 1.54) is 25.7 Å². The van der Waals surface area contributed by atoms with Crippen molar-refractivity contribution in [3.05, 3.63) is 0 Å². The number of hydrogen-bond acceptors (Lipinski definition) is 1. The van der Waals surface area contributed by atoms with E-state index in [-0.39, 0.29) is 24.0 Å². The van der Waals surface area contributed by atoms with Crippen LogP contribution in [0.2, 0.25) is 0 Å². The van der Waals surface area contributed by atoms with Crippen LogP contribution in [-0.4, -0.2) is 56.7 Å². The van der Waals surface area contributed by atoms with Crippen LogP contribution in [0.4, 0.5) is 0 Å². The van der Waals surface area contributed by atoms with E-state index in [1.54, 1.807) is 0 Å². The average molecular weight is 312 g/mol. The predicted octanol–water partition coefficient (Wildman–Crippen LogP) is -1.43. The molecule has 0 aliphatic heterocycles. The molecule has 86 valence electrons. The fraction of sp³-hybridized carbons (Fsp3) is 1.00. The molecule has 3 heteroatoms. The van der Waals surface area contributed by atoms with E-state index in [9.17, 15) is 0 Å². The van der Waals surface area contributed by atoms with Crippen molar-refractivity contribution in [1.29, 1.82) is 0 Å². The number of nitrogens with zero attached hydrogens (tertiary/aromatic N) is 2. The molecule has 1 fully saturated rings. The van der Waals surface area contributed by atoms with E-state index in [1.807, 2.05) is 0 Å². The van der Waals surface area contributed by atoms with Gasteiger partial charge in [-0.15, -0.1) is 0 Å². The van der Waals surface area contributed by atoms with Gasteiger partial charge in [0.15, 0.2) is 0 Å². The molecule has 2 nitrogen and oxygen atoms in total. The Hall–Kier alpha value is 0.650. The quantitative estimate of drug-likeness (QED) is 0.446. The number of halogens is 1. The first-order valence-corrected chi connectivity index (χ1v) is 5.40. The number of hydrogen-bond donors (Lipinski definition) is 0. The van der Waals surface area contributed by atoms with Crippen molar-refractivity contribution in [3.63, 3.8) is 0 Å². The van der Waals surface area contributed by atoms with E-state index in [2.05, 4.69) is 40.1 Å². The molecule has 0 spiro atoms. The summed E-state index contributed by atoms with van der Waals surface area (Å²) in [5.74, 6) is 0. The lowest BCUT2D eigenvalue weighted by Gasteiger charge is -2.44. The molecular weight excluding hydrogens is 287 g/mol. The minimum absolute atomic E-state index is 0. The molecule has 0 saturated heterocycles. The maximum absolute atomic E-state index is 2.41. The molecule has 0 N–H and O–H groups in total. The first-order valence-electron chi connectivity index (χ1n) is 5.40. The summed E-state index contributed by atoms with van der Waals surface area (Å²) in [5, 5.41) is 0. The van der Waals surface area contributed by atoms with Crippen molar-refractivity contribution < 1.29 is 28.5 Å². The van der Waals surface area contributed by atoms with E-state index in [4.69, 9.17) is 0 Å². The molecule has 1 rings (SSSR count). The van der Waals surface area contributed by atoms with Crippen molar-refractivity contribution >= 4 is 0 Å². The Morgan fingerprint density at radius 2 is 1.50 bits per heavy atom. The monoisotopic (exact) mass is 312 g/mol. The van der Waals surface area contributed by atoms with Gasteiger partial charge >= 0.3 is 0 Å². The fourth-order valence-corrected chi connectivity index (χ4v) is 2.60. The largest absolute Gasteiger partial charge is 1.00 e. The van der Waals surface area contributed by atoms with E-state index < -0.39 is 0 Å². The molecule has 1 saturated carbocycles. The average Bonchev–Trinajstić information content (AvgIpc) is 2.03. The van der Waals surface area contributed by atoms with Gasteiger partial charge in [0.05, 0.1) is 27.2 Å². The highest BCUT2D eigenvalue weighted by atomic mass is 127. The summed E-state index contributed by atoms with van der Waals surface area (Å²) in [7, 11) is 11.4. The van der Waals surface area contributed by atoms with Crippen LogP contribution in [0.5, 0.6) is 0 Å². The summed E-state index contributed by atoms with van der Waals surface area (Å²) in [6, 6.07) is 1.61. The second-order valence-corrected chi connectivity index (χ2v) is 5.50. The van der Waals surface area contributed by atoms with E-state index in [0.29, 0.717) is 0 Å². The van der Waals surface area contributed by atoms with Crippen LogP contribution in [0, 0.1) is 0 Å². The van der Waals surface area contributed by atoms with Crippen molar-refractivity contribution in [2.45, 2.75) is 37.8 Å². The smallest absolute Gasteiger partial charge is 0.104 e. The van der Waals surface area contributed by atoms with Gasteiger partial charge in [0.2, 0.25) is 0 Å². The zero-order valence-electron chi connectivity index (χ0n) is 10.3. The summed E-state index contributed by atoms with van der Waals surface area (Å²) < 4.78 is 1.11. The van der Waals surface area contributed by atoms with Crippen molar-refractivity contribution in [3.8, 4) is 0 Å². The molecule has 14 heavy (non-hydrogen) atoms. The van der Waals surface area contributed by atoms with Crippen LogP contribution >= 0.6 is 0 Å². The normalized spacial score (nSPS) is 28.7. The highest BCUT2D eigenvalue weighted by molar-refractivity contribution is 4.81. The molecule has 0 amide bonds. The first-order chi connectivity index (χ1) is 5.93. The lowest BCUT2D eigenvalue weighted by Crippen LogP contribution is -3.00. The summed E-state index contributed by atoms with van der Waals surface area (Å²) in [6.45, 7) is 0. The van der Waals surface area contributed by atoms with Crippen molar-refractivity contribution in [2.24, 2.45) is 0 Å². The molecule has 1 aliphatic rings. The second kappa shape index (κ2) is 5.66. The van der Waals surface area contributed by atoms with Crippen molar-refractivity contribution in [2.75, 3.05) is 35.2 Å². The predicted molar refractivity (Wildman–Crippen MR) is 57.8 cm³/mol. The topological polar surface area (TPSA) is 3.24 Å². The molecule has 0 bridgehead atoms. The number of likely N-dealkylation sites (N-methyl/N-ethyl adjacent to an activating group) is 2. The third kappa shape index (κ3) is 3.66. The maximum atomic E-state index is 2.41. The van der Waals surface area contributed by atoms with Crippen LogP contribution < -0.4 is 24.0 Å². The van der Waals surface area contributed by atoms with Gasteiger partial charge in [0.25, 0.3) is 0 Å². The molecule has 2 atom stereocenters. The zero-order valence-corrected chi connectivity index (χ0v) is 12.4. The van der Waals surface area contributed by atoms with Gasteiger partial charge in [-0.3, -0.25) is 0 Å². The molecule has 1 aliphatic carbocycles. The van der Waals surface area contributed by atoms with Crippen LogP contribution in [0.1, 0.15) is 25.7 Å². The second-order valence-electron chi connectivity index (χ2n) is 5.50. The third-order valence-electron chi connectivity index (χ3n) is 3.35. The Morgan fingerprint density at radius 3 is 1.86 bits per heavy atom. The van der Waals surface area contributed by atoms with Crippen LogP contribution in [0.15, 0.2) is 0 Å². The minimum Gasteiger partial charge on any atom is -1.00 e. The summed E-state index contributed by atoms with van der Waals surface area (Å²) >= 11 is 0. The fourth-order valence-electron chi connectivity index (χ4n) is 2.60. The standard InChI is InChI=1S/C11H25N2.HI/c1-12(2)10-8-6-7-9-11(10)13(3,4)5;/h10-11H,6-9H2,1-5H3;1H/q+1;/p-1/t10-,11-;/m1./s1. The lowest BCUT2D eigenvalue weighted by molar-refractivity contribution is -0.899. The van der Waals surface area contributed by atoms with Gasteiger partial charge in [-0.2, -0.15) is 0 Å². The lowest BCUT2D eigenvalue weighted by atomic mass is 9.88. The molecule has 0 aromatic rings. The zero-order chi connectivity index (χ0) is 10.1. The molecule has 0 heterocycles. The van der Waals surface area contributed by atoms with Crippen molar-refractivity contribution in [1.82, 2.24) is 4.90 Å². The Bertz CT molecular complexity index is 163. The summed E-state index contributed by atoms with van der Waals surface area (Å²) in [6.07, 6.45) is 5.61. The molecule has 0 aromatic carbocycles. The summed E-state index contributed by atoms with van der Waals surface area (Å²) in [5.41, 5.74) is 0. The van der Waals surface area contributed by atoms with Crippen LogP contribution in [-0.2, 0) is 0 Å². The third-order valence-corrected chi connectivity index (χ3v) is 3.35. The minimum atomic E-state index is 0. The highest BCUT2D eigenvalue weighted by Gasteiger charge is 2.35. The number of quaternary nitrogens is 1. The Morgan fingerprint density at radius 1 is 1.00 bits per heavy atom. The van der Waals surface area contributed by atoms with E-state index in [0.717, 1.165) is 16.6 Å². The Balaban J connectivity index is 0.00000169. The summed E-state index contributed by atoms with van der Waals surface area (Å²) in [4.78, 5) is 2.41. The van der Waals surface area contributed by atoms with Gasteiger partial charge in [-0.25, -0.2) is 0 Å². The van der Waals surface area contributed by atoms with Crippen LogP contribution in [0.25, 0.3) is 0 Å². The van der Waals surface area contributed by atoms with Gasteiger partial charge in [-0.05, 0) is 26.9 Å². The van der Waals surface area contributed by atoms with Gasteiger partial charge in [0, 0.05) is 6.42 Å². The van der Waals surface area contributed by atoms with Crippen LogP contribution in [0.3, 0.4) is 0 Å². The van der Waals surface area contributed by atoms with Gasteiger partial charge in [-0.1, -0.05) is 6.42 Å². The van der Waals surface area contributed by atoms with Gasteiger partial charge in [0.1, 0.15) is 6.04 Å². The number of rotatable bonds is 2. The van der Waals surface area contributed by atoms with Gasteiger partial charge < -0.3 is 33.4 Å². The first kappa shape index (κ1) is 14.6. The van der Waals surface area contributed by atoms with E-state index >= 15 is 0 Å². The highest BCUT2D eigenvalue weighted by Crippen LogP contribution is 2.27.